The van der Waals surface area contributed by atoms with Crippen molar-refractivity contribution in [3.8, 4) is 0 Å². The van der Waals surface area contributed by atoms with Crippen LogP contribution in [0.15, 0.2) is 30.3 Å². The summed E-state index contributed by atoms with van der Waals surface area (Å²) in [5.41, 5.74) is 6.19. The van der Waals surface area contributed by atoms with Crippen LogP contribution in [-0.2, 0) is 9.53 Å². The molecule has 1 aromatic rings. The number of nitrogens with one attached hydrogen (secondary N) is 1. The summed E-state index contributed by atoms with van der Waals surface area (Å²) in [4.78, 5) is 22.7. The highest BCUT2D eigenvalue weighted by atomic mass is 16.5. The third-order valence-electron chi connectivity index (χ3n) is 2.52. The van der Waals surface area contributed by atoms with E-state index in [2.05, 4.69) is 10.1 Å². The fraction of sp³-hybridized carbons (Fsp3) is 0.385. The van der Waals surface area contributed by atoms with Crippen LogP contribution in [0.2, 0.25) is 0 Å². The lowest BCUT2D eigenvalue weighted by Crippen LogP contribution is -2.33. The van der Waals surface area contributed by atoms with Gasteiger partial charge in [-0.15, -0.1) is 0 Å². The number of rotatable bonds is 6. The molecule has 0 radical (unpaired) electrons. The third kappa shape index (κ3) is 4.55. The molecule has 1 rings (SSSR count). The Labute approximate surface area is 106 Å². The molecular weight excluding hydrogens is 232 g/mol. The molecule has 1 atom stereocenters. The molecule has 1 amide bonds. The number of nitrogens with two attached hydrogens (primary N) is 1. The summed E-state index contributed by atoms with van der Waals surface area (Å²) < 4.78 is 4.51. The first-order valence-electron chi connectivity index (χ1n) is 5.82. The summed E-state index contributed by atoms with van der Waals surface area (Å²) in [6.45, 7) is 0.485. The second-order valence-corrected chi connectivity index (χ2v) is 3.89. The van der Waals surface area contributed by atoms with Gasteiger partial charge in [-0.1, -0.05) is 18.2 Å². The van der Waals surface area contributed by atoms with Gasteiger partial charge in [0.15, 0.2) is 0 Å². The van der Waals surface area contributed by atoms with Crippen LogP contribution < -0.4 is 11.1 Å². The van der Waals surface area contributed by atoms with Gasteiger partial charge in [0.05, 0.1) is 7.11 Å². The summed E-state index contributed by atoms with van der Waals surface area (Å²) in [6.07, 6.45) is 1.12. The van der Waals surface area contributed by atoms with Gasteiger partial charge < -0.3 is 15.8 Å². The molecule has 5 heteroatoms. The Kier molecular flexibility index (Phi) is 5.87. The highest BCUT2D eigenvalue weighted by Crippen LogP contribution is 1.99. The minimum Gasteiger partial charge on any atom is -0.468 e. The van der Waals surface area contributed by atoms with Gasteiger partial charge in [-0.2, -0.15) is 0 Å². The van der Waals surface area contributed by atoms with Crippen LogP contribution in [-0.4, -0.2) is 31.6 Å². The maximum absolute atomic E-state index is 11.6. The first kappa shape index (κ1) is 14.2. The Balaban J connectivity index is 2.23. The van der Waals surface area contributed by atoms with Crippen molar-refractivity contribution in [3.63, 3.8) is 0 Å². The van der Waals surface area contributed by atoms with E-state index in [1.165, 1.54) is 7.11 Å². The first-order chi connectivity index (χ1) is 8.65. The summed E-state index contributed by atoms with van der Waals surface area (Å²) in [5.74, 6) is -0.549. The van der Waals surface area contributed by atoms with Crippen molar-refractivity contribution >= 4 is 11.9 Å². The highest BCUT2D eigenvalue weighted by molar-refractivity contribution is 5.94. The van der Waals surface area contributed by atoms with Gasteiger partial charge in [-0.05, 0) is 25.0 Å². The van der Waals surface area contributed by atoms with E-state index in [0.29, 0.717) is 24.9 Å². The van der Waals surface area contributed by atoms with Crippen LogP contribution in [0.3, 0.4) is 0 Å². The highest BCUT2D eigenvalue weighted by Gasteiger charge is 2.12. The number of carbonyl (C=O) groups is 2. The zero-order chi connectivity index (χ0) is 13.4. The van der Waals surface area contributed by atoms with Gasteiger partial charge >= 0.3 is 5.97 Å². The van der Waals surface area contributed by atoms with E-state index in [4.69, 9.17) is 5.73 Å². The molecule has 3 N–H and O–H groups in total. The Morgan fingerprint density at radius 2 is 2.00 bits per heavy atom. The number of carbonyl (C=O) groups excluding carboxylic acids is 2. The molecule has 0 heterocycles. The average molecular weight is 250 g/mol. The summed E-state index contributed by atoms with van der Waals surface area (Å²) in [6, 6.07) is 8.34. The lowest BCUT2D eigenvalue weighted by Gasteiger charge is -2.09. The van der Waals surface area contributed by atoms with E-state index < -0.39 is 12.0 Å². The van der Waals surface area contributed by atoms with Crippen molar-refractivity contribution in [1.82, 2.24) is 5.32 Å². The maximum Gasteiger partial charge on any atom is 0.322 e. The van der Waals surface area contributed by atoms with Crippen molar-refractivity contribution in [2.45, 2.75) is 18.9 Å². The second kappa shape index (κ2) is 7.45. The molecule has 0 fully saturated rings. The number of amides is 1. The quantitative estimate of drug-likeness (QED) is 0.575. The van der Waals surface area contributed by atoms with Crippen LogP contribution >= 0.6 is 0 Å². The first-order valence-corrected chi connectivity index (χ1v) is 5.82. The van der Waals surface area contributed by atoms with Crippen molar-refractivity contribution in [2.24, 2.45) is 5.73 Å². The van der Waals surface area contributed by atoms with Crippen molar-refractivity contribution in [2.75, 3.05) is 13.7 Å². The number of hydrogen-bond donors (Lipinski definition) is 2. The minimum absolute atomic E-state index is 0.123. The number of hydrogen-bond acceptors (Lipinski definition) is 4. The van der Waals surface area contributed by atoms with Crippen LogP contribution in [0.4, 0.5) is 0 Å². The van der Waals surface area contributed by atoms with E-state index in [0.717, 1.165) is 0 Å². The number of ether oxygens (including phenoxy) is 1. The molecular formula is C13H18N2O3. The van der Waals surface area contributed by atoms with E-state index in [1.807, 2.05) is 18.2 Å². The van der Waals surface area contributed by atoms with Gasteiger partial charge in [-0.3, -0.25) is 9.59 Å². The molecule has 0 aliphatic carbocycles. The summed E-state index contributed by atoms with van der Waals surface area (Å²) >= 11 is 0. The van der Waals surface area contributed by atoms with Gasteiger partial charge in [0, 0.05) is 12.1 Å². The Morgan fingerprint density at radius 1 is 1.33 bits per heavy atom. The van der Waals surface area contributed by atoms with Crippen LogP contribution in [0.5, 0.6) is 0 Å². The summed E-state index contributed by atoms with van der Waals surface area (Å²) in [5, 5.41) is 2.76. The normalized spacial score (nSPS) is 11.7. The fourth-order valence-corrected chi connectivity index (χ4v) is 1.48. The molecule has 5 nitrogen and oxygen atoms in total. The van der Waals surface area contributed by atoms with Crippen molar-refractivity contribution < 1.29 is 14.3 Å². The zero-order valence-electron chi connectivity index (χ0n) is 10.4. The van der Waals surface area contributed by atoms with Crippen LogP contribution in [0, 0.1) is 0 Å². The molecule has 0 spiro atoms. The molecule has 98 valence electrons. The van der Waals surface area contributed by atoms with E-state index in [-0.39, 0.29) is 5.91 Å². The molecule has 0 unspecified atom stereocenters. The van der Waals surface area contributed by atoms with Crippen molar-refractivity contribution in [1.29, 1.82) is 0 Å². The SMILES string of the molecule is COC(=O)[C@@H](N)CCCNC(=O)c1ccccc1. The minimum atomic E-state index is -0.622. The smallest absolute Gasteiger partial charge is 0.322 e. The van der Waals surface area contributed by atoms with Gasteiger partial charge in [0.25, 0.3) is 5.91 Å². The molecule has 18 heavy (non-hydrogen) atoms. The molecule has 1 aromatic carbocycles. The topological polar surface area (TPSA) is 81.4 Å². The molecule has 0 saturated heterocycles. The van der Waals surface area contributed by atoms with E-state index >= 15 is 0 Å². The average Bonchev–Trinajstić information content (AvgIpc) is 2.43. The predicted octanol–water partition coefficient (Wildman–Crippen LogP) is 0.697. The molecule has 0 aliphatic rings. The Bertz CT molecular complexity index is 392. The number of esters is 1. The lowest BCUT2D eigenvalue weighted by atomic mass is 10.1. The predicted molar refractivity (Wildman–Crippen MR) is 68.0 cm³/mol. The van der Waals surface area contributed by atoms with Crippen LogP contribution in [0.25, 0.3) is 0 Å². The molecule has 0 aromatic heterocycles. The molecule has 0 aliphatic heterocycles. The van der Waals surface area contributed by atoms with Gasteiger partial charge in [-0.25, -0.2) is 0 Å². The lowest BCUT2D eigenvalue weighted by molar-refractivity contribution is -0.142. The largest absolute Gasteiger partial charge is 0.468 e. The van der Waals surface area contributed by atoms with E-state index in [1.54, 1.807) is 12.1 Å². The molecule has 0 saturated carbocycles. The van der Waals surface area contributed by atoms with Crippen molar-refractivity contribution in [3.05, 3.63) is 35.9 Å². The van der Waals surface area contributed by atoms with Crippen LogP contribution in [0.1, 0.15) is 23.2 Å². The third-order valence-corrected chi connectivity index (χ3v) is 2.52. The summed E-state index contributed by atoms with van der Waals surface area (Å²) in [7, 11) is 1.30. The monoisotopic (exact) mass is 250 g/mol. The molecule has 0 bridgehead atoms. The standard InChI is InChI=1S/C13H18N2O3/c1-18-13(17)11(14)8-5-9-15-12(16)10-6-3-2-4-7-10/h2-4,6-7,11H,5,8-9,14H2,1H3,(H,15,16)/t11-/m0/s1. The number of methoxy groups -OCH3 is 1. The Hall–Kier alpha value is -1.88. The maximum atomic E-state index is 11.6. The fourth-order valence-electron chi connectivity index (χ4n) is 1.48. The Morgan fingerprint density at radius 3 is 2.61 bits per heavy atom. The van der Waals surface area contributed by atoms with Gasteiger partial charge in [0.2, 0.25) is 0 Å². The number of benzene rings is 1. The van der Waals surface area contributed by atoms with E-state index in [9.17, 15) is 9.59 Å². The zero-order valence-corrected chi connectivity index (χ0v) is 10.4. The van der Waals surface area contributed by atoms with Gasteiger partial charge in [0.1, 0.15) is 6.04 Å². The second-order valence-electron chi connectivity index (χ2n) is 3.89.